The number of halogens is 3. The Morgan fingerprint density at radius 2 is 1.60 bits per heavy atom. The number of hydrogen-bond acceptors (Lipinski definition) is 4. The lowest BCUT2D eigenvalue weighted by Crippen LogP contribution is -2.48. The molecule has 0 aromatic heterocycles. The van der Waals surface area contributed by atoms with Crippen molar-refractivity contribution < 1.29 is 14.3 Å². The number of nitrogens with one attached hydrogen (secondary N) is 2. The van der Waals surface area contributed by atoms with Crippen molar-refractivity contribution in [1.29, 1.82) is 0 Å². The Kier molecular flexibility index (Phi) is 9.55. The first-order valence-corrected chi connectivity index (χ1v) is 11.9. The van der Waals surface area contributed by atoms with E-state index in [-0.39, 0.29) is 11.8 Å². The molecule has 3 rings (SSSR count). The molecule has 0 saturated heterocycles. The number of amides is 2. The molecule has 0 saturated carbocycles. The van der Waals surface area contributed by atoms with Gasteiger partial charge < -0.3 is 10.1 Å². The zero-order chi connectivity index (χ0) is 25.4. The minimum atomic E-state index is -0.759. The van der Waals surface area contributed by atoms with Crippen LogP contribution in [0.25, 0.3) is 0 Å². The second-order valence-electron chi connectivity index (χ2n) is 8.03. The highest BCUT2D eigenvalue weighted by Gasteiger charge is 2.24. The summed E-state index contributed by atoms with van der Waals surface area (Å²) < 4.78 is 5.76. The molecule has 3 aromatic rings. The largest absolute Gasteiger partial charge is 0.489 e. The Morgan fingerprint density at radius 3 is 2.23 bits per heavy atom. The molecule has 0 fully saturated rings. The summed E-state index contributed by atoms with van der Waals surface area (Å²) in [6.07, 6.45) is 1.51. The first-order valence-electron chi connectivity index (χ1n) is 10.8. The molecule has 182 valence electrons. The maximum Gasteiger partial charge on any atom is 0.262 e. The number of rotatable bonds is 9. The predicted molar refractivity (Wildman–Crippen MR) is 141 cm³/mol. The van der Waals surface area contributed by atoms with Crippen LogP contribution >= 0.6 is 34.8 Å². The zero-order valence-electron chi connectivity index (χ0n) is 19.1. The maximum atomic E-state index is 12.6. The summed E-state index contributed by atoms with van der Waals surface area (Å²) in [6, 6.07) is 18.1. The van der Waals surface area contributed by atoms with Gasteiger partial charge in [0.25, 0.3) is 11.8 Å². The molecular formula is C26H24Cl3N3O3. The Hall–Kier alpha value is -3.06. The molecule has 3 aromatic carbocycles. The first kappa shape index (κ1) is 26.5. The highest BCUT2D eigenvalue weighted by atomic mass is 35.5. The average molecular weight is 533 g/mol. The van der Waals surface area contributed by atoms with Crippen molar-refractivity contribution in [2.45, 2.75) is 26.5 Å². The van der Waals surface area contributed by atoms with E-state index in [9.17, 15) is 9.59 Å². The molecule has 0 aliphatic rings. The molecule has 1 atom stereocenters. The van der Waals surface area contributed by atoms with Gasteiger partial charge in [0, 0.05) is 26.2 Å². The van der Waals surface area contributed by atoms with Gasteiger partial charge in [0.15, 0.2) is 0 Å². The molecule has 1 unspecified atom stereocenters. The molecule has 9 heteroatoms. The Morgan fingerprint density at radius 1 is 0.943 bits per heavy atom. The summed E-state index contributed by atoms with van der Waals surface area (Å²) in [5.41, 5.74) is 4.49. The fourth-order valence-electron chi connectivity index (χ4n) is 3.05. The topological polar surface area (TPSA) is 79.8 Å². The van der Waals surface area contributed by atoms with Gasteiger partial charge in [-0.05, 0) is 72.1 Å². The smallest absolute Gasteiger partial charge is 0.262 e. The van der Waals surface area contributed by atoms with E-state index in [1.165, 1.54) is 6.21 Å². The van der Waals surface area contributed by atoms with E-state index in [2.05, 4.69) is 15.8 Å². The van der Waals surface area contributed by atoms with Crippen LogP contribution in [0, 0.1) is 5.92 Å². The summed E-state index contributed by atoms with van der Waals surface area (Å²) in [5.74, 6) is -0.276. The first-order chi connectivity index (χ1) is 16.7. The predicted octanol–water partition coefficient (Wildman–Crippen LogP) is 6.13. The standard InChI is InChI=1S/C26H24Cl3N3O3/c1-16(2)24(31-25(33)18-5-8-20(27)9-6-18)26(34)32-30-14-17-3-11-22(12-4-17)35-15-19-7-10-21(28)13-23(19)29/h3-14,16,24H,15H2,1-2H3,(H,31,33)(H,32,34)/b30-14+. The van der Waals surface area contributed by atoms with Crippen molar-refractivity contribution in [3.8, 4) is 5.75 Å². The highest BCUT2D eigenvalue weighted by Crippen LogP contribution is 2.22. The summed E-state index contributed by atoms with van der Waals surface area (Å²) in [5, 5.41) is 8.39. The van der Waals surface area contributed by atoms with Crippen LogP contribution < -0.4 is 15.5 Å². The SMILES string of the molecule is CC(C)C(NC(=O)c1ccc(Cl)cc1)C(=O)N/N=C/c1ccc(OCc2ccc(Cl)cc2Cl)cc1. The lowest BCUT2D eigenvalue weighted by Gasteiger charge is -2.20. The molecule has 0 spiro atoms. The van der Waals surface area contributed by atoms with E-state index in [1.807, 2.05) is 19.9 Å². The summed E-state index contributed by atoms with van der Waals surface area (Å²) in [7, 11) is 0. The number of ether oxygens (including phenoxy) is 1. The van der Waals surface area contributed by atoms with Crippen LogP contribution in [0.5, 0.6) is 5.75 Å². The Bertz CT molecular complexity index is 1200. The minimum absolute atomic E-state index is 0.146. The lowest BCUT2D eigenvalue weighted by atomic mass is 10.0. The number of carbonyl (C=O) groups excluding carboxylic acids is 2. The zero-order valence-corrected chi connectivity index (χ0v) is 21.4. The van der Waals surface area contributed by atoms with Crippen molar-refractivity contribution in [2.24, 2.45) is 11.0 Å². The third kappa shape index (κ3) is 7.99. The Balaban J connectivity index is 1.53. The quantitative estimate of drug-likeness (QED) is 0.257. The van der Waals surface area contributed by atoms with Gasteiger partial charge in [-0.2, -0.15) is 5.10 Å². The van der Waals surface area contributed by atoms with E-state index < -0.39 is 11.9 Å². The van der Waals surface area contributed by atoms with E-state index in [4.69, 9.17) is 39.5 Å². The van der Waals surface area contributed by atoms with Gasteiger partial charge in [0.2, 0.25) is 0 Å². The molecule has 0 heterocycles. The van der Waals surface area contributed by atoms with E-state index in [0.29, 0.717) is 33.0 Å². The number of hydrogen-bond donors (Lipinski definition) is 2. The summed E-state index contributed by atoms with van der Waals surface area (Å²) in [4.78, 5) is 25.1. The number of nitrogens with zero attached hydrogens (tertiary/aromatic N) is 1. The van der Waals surface area contributed by atoms with Gasteiger partial charge in [-0.1, -0.05) is 54.7 Å². The third-order valence-corrected chi connectivity index (χ3v) is 5.86. The average Bonchev–Trinajstić information content (AvgIpc) is 2.83. The van der Waals surface area contributed by atoms with E-state index in [0.717, 1.165) is 11.1 Å². The molecule has 2 amide bonds. The van der Waals surface area contributed by atoms with Crippen molar-refractivity contribution in [2.75, 3.05) is 0 Å². The molecule has 2 N–H and O–H groups in total. The maximum absolute atomic E-state index is 12.6. The van der Waals surface area contributed by atoms with Gasteiger partial charge in [0.1, 0.15) is 18.4 Å². The molecule has 6 nitrogen and oxygen atoms in total. The van der Waals surface area contributed by atoms with Crippen molar-refractivity contribution >= 4 is 52.8 Å². The highest BCUT2D eigenvalue weighted by molar-refractivity contribution is 6.35. The molecular weight excluding hydrogens is 509 g/mol. The molecule has 35 heavy (non-hydrogen) atoms. The number of benzene rings is 3. The molecule has 0 aliphatic heterocycles. The third-order valence-electron chi connectivity index (χ3n) is 5.02. The van der Waals surface area contributed by atoms with E-state index in [1.54, 1.807) is 60.7 Å². The van der Waals surface area contributed by atoms with Crippen LogP contribution in [0.4, 0.5) is 0 Å². The summed E-state index contributed by atoms with van der Waals surface area (Å²) in [6.45, 7) is 3.98. The lowest BCUT2D eigenvalue weighted by molar-refractivity contribution is -0.123. The Labute approximate surface area is 219 Å². The van der Waals surface area contributed by atoms with Crippen molar-refractivity contribution in [1.82, 2.24) is 10.7 Å². The van der Waals surface area contributed by atoms with Gasteiger partial charge in [-0.3, -0.25) is 9.59 Å². The van der Waals surface area contributed by atoms with Crippen molar-refractivity contribution in [3.05, 3.63) is 98.5 Å². The van der Waals surface area contributed by atoms with Crippen LogP contribution in [0.3, 0.4) is 0 Å². The van der Waals surface area contributed by atoms with Gasteiger partial charge in [-0.15, -0.1) is 0 Å². The fraction of sp³-hybridized carbons (Fsp3) is 0.192. The van der Waals surface area contributed by atoms with Gasteiger partial charge >= 0.3 is 0 Å². The summed E-state index contributed by atoms with van der Waals surface area (Å²) >= 11 is 17.9. The van der Waals surface area contributed by atoms with Crippen LogP contribution in [-0.2, 0) is 11.4 Å². The minimum Gasteiger partial charge on any atom is -0.489 e. The molecule has 0 bridgehead atoms. The monoisotopic (exact) mass is 531 g/mol. The number of carbonyl (C=O) groups is 2. The molecule has 0 radical (unpaired) electrons. The van der Waals surface area contributed by atoms with Crippen LogP contribution in [0.15, 0.2) is 71.8 Å². The van der Waals surface area contributed by atoms with Crippen LogP contribution in [0.1, 0.15) is 35.3 Å². The van der Waals surface area contributed by atoms with E-state index >= 15 is 0 Å². The fourth-order valence-corrected chi connectivity index (χ4v) is 3.64. The van der Waals surface area contributed by atoms with Gasteiger partial charge in [0.05, 0.1) is 6.21 Å². The van der Waals surface area contributed by atoms with Crippen molar-refractivity contribution in [3.63, 3.8) is 0 Å². The normalized spacial score (nSPS) is 11.9. The second-order valence-corrected chi connectivity index (χ2v) is 9.31. The second kappa shape index (κ2) is 12.6. The van der Waals surface area contributed by atoms with Gasteiger partial charge in [-0.25, -0.2) is 5.43 Å². The van der Waals surface area contributed by atoms with Crippen LogP contribution in [-0.4, -0.2) is 24.1 Å². The molecule has 0 aliphatic carbocycles. The van der Waals surface area contributed by atoms with Crippen LogP contribution in [0.2, 0.25) is 15.1 Å². The number of hydrazone groups is 1.